The van der Waals surface area contributed by atoms with E-state index >= 15 is 0 Å². The largest absolute Gasteiger partial charge is 0.250 e. The van der Waals surface area contributed by atoms with E-state index in [-0.39, 0.29) is 0 Å². The van der Waals surface area contributed by atoms with Crippen LogP contribution in [-0.4, -0.2) is 14.0 Å². The molecule has 0 aliphatic rings. The summed E-state index contributed by atoms with van der Waals surface area (Å²) in [6, 6.07) is 11.8. The smallest absolute Gasteiger partial charge is 0.206 e. The number of nitrogens with one attached hydrogen (secondary N) is 1. The van der Waals surface area contributed by atoms with E-state index in [0.29, 0.717) is 4.21 Å². The SMILES string of the molecule is CCc1cccc(-c2ccc(S(=O)(=O)NC(C)(C)C)s2)c1. The molecule has 0 saturated heterocycles. The molecule has 1 heterocycles. The lowest BCUT2D eigenvalue weighted by Gasteiger charge is -2.19. The number of rotatable bonds is 4. The van der Waals surface area contributed by atoms with Gasteiger partial charge in [-0.3, -0.25) is 0 Å². The van der Waals surface area contributed by atoms with Crippen LogP contribution >= 0.6 is 11.3 Å². The Morgan fingerprint density at radius 3 is 2.48 bits per heavy atom. The molecule has 0 atom stereocenters. The molecule has 1 aromatic carbocycles. The van der Waals surface area contributed by atoms with Crippen molar-refractivity contribution in [2.75, 3.05) is 0 Å². The number of aryl methyl sites for hydroxylation is 1. The molecular weight excluding hydrogens is 302 g/mol. The van der Waals surface area contributed by atoms with Gasteiger partial charge in [-0.25, -0.2) is 13.1 Å². The van der Waals surface area contributed by atoms with E-state index in [2.05, 4.69) is 23.8 Å². The van der Waals surface area contributed by atoms with E-state index in [1.807, 2.05) is 39.0 Å². The molecule has 0 aliphatic carbocycles. The summed E-state index contributed by atoms with van der Waals surface area (Å²) < 4.78 is 27.7. The van der Waals surface area contributed by atoms with Gasteiger partial charge in [0.1, 0.15) is 4.21 Å². The molecule has 0 spiro atoms. The number of benzene rings is 1. The van der Waals surface area contributed by atoms with Crippen molar-refractivity contribution >= 4 is 21.4 Å². The molecular formula is C16H21NO2S2. The van der Waals surface area contributed by atoms with E-state index in [4.69, 9.17) is 0 Å². The van der Waals surface area contributed by atoms with E-state index in [9.17, 15) is 8.42 Å². The third-order valence-corrected chi connectivity index (χ3v) is 6.29. The summed E-state index contributed by atoms with van der Waals surface area (Å²) in [5, 5.41) is 0. The average molecular weight is 323 g/mol. The fourth-order valence-electron chi connectivity index (χ4n) is 2.02. The highest BCUT2D eigenvalue weighted by Gasteiger charge is 2.23. The summed E-state index contributed by atoms with van der Waals surface area (Å²) in [4.78, 5) is 0.972. The monoisotopic (exact) mass is 323 g/mol. The minimum Gasteiger partial charge on any atom is -0.206 e. The molecule has 0 radical (unpaired) electrons. The number of hydrogen-bond acceptors (Lipinski definition) is 3. The van der Waals surface area contributed by atoms with E-state index in [0.717, 1.165) is 16.9 Å². The molecule has 2 aromatic rings. The molecule has 2 rings (SSSR count). The Hall–Kier alpha value is -1.17. The summed E-state index contributed by atoms with van der Waals surface area (Å²) in [5.74, 6) is 0. The van der Waals surface area contributed by atoms with Crippen LogP contribution in [0.15, 0.2) is 40.6 Å². The van der Waals surface area contributed by atoms with Crippen molar-refractivity contribution in [3.63, 3.8) is 0 Å². The highest BCUT2D eigenvalue weighted by molar-refractivity contribution is 7.91. The summed E-state index contributed by atoms with van der Waals surface area (Å²) in [6.45, 7) is 7.62. The molecule has 114 valence electrons. The van der Waals surface area contributed by atoms with Crippen LogP contribution in [0.5, 0.6) is 0 Å². The van der Waals surface area contributed by atoms with Crippen LogP contribution in [0.1, 0.15) is 33.3 Å². The topological polar surface area (TPSA) is 46.2 Å². The Kier molecular flexibility index (Phi) is 4.56. The fourth-order valence-corrected chi connectivity index (χ4v) is 4.74. The molecule has 5 heteroatoms. The van der Waals surface area contributed by atoms with Gasteiger partial charge in [-0.1, -0.05) is 31.2 Å². The Bertz CT molecular complexity index is 725. The van der Waals surface area contributed by atoms with Crippen molar-refractivity contribution in [1.82, 2.24) is 4.72 Å². The molecule has 1 aromatic heterocycles. The van der Waals surface area contributed by atoms with Crippen LogP contribution in [0.3, 0.4) is 0 Å². The first-order valence-electron chi connectivity index (χ1n) is 6.94. The van der Waals surface area contributed by atoms with Crippen molar-refractivity contribution < 1.29 is 8.42 Å². The standard InChI is InChI=1S/C16H21NO2S2/c1-5-12-7-6-8-13(11-12)14-9-10-15(20-14)21(18,19)17-16(2,3)4/h6-11,17H,5H2,1-4H3. The first-order chi connectivity index (χ1) is 9.71. The van der Waals surface area contributed by atoms with Gasteiger partial charge in [0.05, 0.1) is 0 Å². The Morgan fingerprint density at radius 2 is 1.86 bits per heavy atom. The van der Waals surface area contributed by atoms with Gasteiger partial charge in [0, 0.05) is 10.4 Å². The normalized spacial score (nSPS) is 12.6. The first kappa shape index (κ1) is 16.2. The maximum atomic E-state index is 12.3. The highest BCUT2D eigenvalue weighted by Crippen LogP contribution is 2.31. The Labute approximate surface area is 131 Å². The molecule has 0 saturated carbocycles. The van der Waals surface area contributed by atoms with Gasteiger partial charge in [-0.05, 0) is 50.5 Å². The highest BCUT2D eigenvalue weighted by atomic mass is 32.2. The minimum atomic E-state index is -3.45. The summed E-state index contributed by atoms with van der Waals surface area (Å²) in [6.07, 6.45) is 0.968. The van der Waals surface area contributed by atoms with Crippen LogP contribution in [0, 0.1) is 0 Å². The summed E-state index contributed by atoms with van der Waals surface area (Å²) in [7, 11) is -3.45. The second kappa shape index (κ2) is 5.91. The molecule has 3 nitrogen and oxygen atoms in total. The van der Waals surface area contributed by atoms with Crippen molar-refractivity contribution in [2.24, 2.45) is 0 Å². The fraction of sp³-hybridized carbons (Fsp3) is 0.375. The quantitative estimate of drug-likeness (QED) is 0.922. The van der Waals surface area contributed by atoms with Crippen LogP contribution < -0.4 is 4.72 Å². The predicted molar refractivity (Wildman–Crippen MR) is 89.2 cm³/mol. The zero-order chi connectivity index (χ0) is 15.7. The van der Waals surface area contributed by atoms with E-state index in [1.165, 1.54) is 16.9 Å². The van der Waals surface area contributed by atoms with Crippen molar-refractivity contribution in [3.8, 4) is 10.4 Å². The molecule has 21 heavy (non-hydrogen) atoms. The lowest BCUT2D eigenvalue weighted by Crippen LogP contribution is -2.40. The molecule has 0 amide bonds. The lowest BCUT2D eigenvalue weighted by molar-refractivity contribution is 0.492. The molecule has 0 bridgehead atoms. The Morgan fingerprint density at radius 1 is 1.14 bits per heavy atom. The van der Waals surface area contributed by atoms with Gasteiger partial charge in [0.2, 0.25) is 0 Å². The number of sulfonamides is 1. The first-order valence-corrected chi connectivity index (χ1v) is 9.24. The van der Waals surface area contributed by atoms with Crippen LogP contribution in [0.2, 0.25) is 0 Å². The molecule has 0 fully saturated rings. The molecule has 1 N–H and O–H groups in total. The molecule has 0 aliphatic heterocycles. The Balaban J connectivity index is 2.33. The maximum Gasteiger partial charge on any atom is 0.250 e. The van der Waals surface area contributed by atoms with Gasteiger partial charge < -0.3 is 0 Å². The van der Waals surface area contributed by atoms with Gasteiger partial charge in [0.25, 0.3) is 10.0 Å². The van der Waals surface area contributed by atoms with Gasteiger partial charge in [-0.15, -0.1) is 11.3 Å². The van der Waals surface area contributed by atoms with E-state index < -0.39 is 15.6 Å². The zero-order valence-electron chi connectivity index (χ0n) is 12.8. The van der Waals surface area contributed by atoms with Crippen molar-refractivity contribution in [1.29, 1.82) is 0 Å². The van der Waals surface area contributed by atoms with Crippen LogP contribution in [0.4, 0.5) is 0 Å². The third-order valence-electron chi connectivity index (χ3n) is 2.91. The van der Waals surface area contributed by atoms with Crippen molar-refractivity contribution in [2.45, 2.75) is 43.9 Å². The van der Waals surface area contributed by atoms with Crippen LogP contribution in [0.25, 0.3) is 10.4 Å². The second-order valence-electron chi connectivity index (χ2n) is 6.03. The second-order valence-corrected chi connectivity index (χ2v) is 9.02. The van der Waals surface area contributed by atoms with Gasteiger partial charge in [-0.2, -0.15) is 0 Å². The predicted octanol–water partition coefficient (Wildman–Crippen LogP) is 4.05. The third kappa shape index (κ3) is 4.15. The van der Waals surface area contributed by atoms with Gasteiger partial charge in [0.15, 0.2) is 0 Å². The van der Waals surface area contributed by atoms with Crippen molar-refractivity contribution in [3.05, 3.63) is 42.0 Å². The maximum absolute atomic E-state index is 12.3. The number of hydrogen-bond donors (Lipinski definition) is 1. The lowest BCUT2D eigenvalue weighted by atomic mass is 10.1. The average Bonchev–Trinajstić information content (AvgIpc) is 2.86. The summed E-state index contributed by atoms with van der Waals surface area (Å²) >= 11 is 1.30. The minimum absolute atomic E-state index is 0.356. The molecule has 0 unspecified atom stereocenters. The zero-order valence-corrected chi connectivity index (χ0v) is 14.4. The van der Waals surface area contributed by atoms with Gasteiger partial charge >= 0.3 is 0 Å². The van der Waals surface area contributed by atoms with Crippen LogP contribution in [-0.2, 0) is 16.4 Å². The number of thiophene rings is 1. The van der Waals surface area contributed by atoms with E-state index in [1.54, 1.807) is 6.07 Å². The summed E-state index contributed by atoms with van der Waals surface area (Å²) in [5.41, 5.74) is 1.83.